The van der Waals surface area contributed by atoms with E-state index in [-0.39, 0.29) is 19.5 Å². The molecule has 2 N–H and O–H groups in total. The highest BCUT2D eigenvalue weighted by molar-refractivity contribution is 6.13. The number of allylic oxidation sites excluding steroid dienone is 1. The number of carbonyl (C=O) groups is 8. The normalized spacial score (nSPS) is 12.7. The molecule has 190 valence electrons. The van der Waals surface area contributed by atoms with Crippen molar-refractivity contribution in [3.05, 3.63) is 24.3 Å². The van der Waals surface area contributed by atoms with Crippen molar-refractivity contribution in [3.8, 4) is 0 Å². The van der Waals surface area contributed by atoms with Crippen molar-refractivity contribution in [1.29, 1.82) is 0 Å². The number of imide groups is 1. The Balaban J connectivity index is 3.02. The molecule has 1 aliphatic rings. The molecule has 0 aromatic carbocycles. The second-order valence-corrected chi connectivity index (χ2v) is 7.24. The van der Waals surface area contributed by atoms with Crippen LogP contribution in [0.4, 0.5) is 0 Å². The topological polar surface area (TPSA) is 190 Å². The Hall–Kier alpha value is -4.36. The number of nitrogens with zero attached hydrogens (tertiary/aromatic N) is 4. The molecule has 0 radical (unpaired) electrons. The summed E-state index contributed by atoms with van der Waals surface area (Å²) in [6, 6.07) is 0. The number of aldehydes is 1. The number of carboxylic acid groups (broad SMARTS) is 2. The van der Waals surface area contributed by atoms with E-state index in [1.165, 1.54) is 7.05 Å². The maximum Gasteiger partial charge on any atom is 0.305 e. The Bertz CT molecular complexity index is 924. The molecule has 0 aromatic rings. The molecule has 0 unspecified atom stereocenters. The van der Waals surface area contributed by atoms with Crippen molar-refractivity contribution in [2.45, 2.75) is 25.7 Å². The zero-order valence-electron chi connectivity index (χ0n) is 19.0. The van der Waals surface area contributed by atoms with Gasteiger partial charge in [-0.25, -0.2) is 0 Å². The average Bonchev–Trinajstić information content (AvgIpc) is 3.12. The molecule has 0 aliphatic carbocycles. The Morgan fingerprint density at radius 2 is 1.31 bits per heavy atom. The Morgan fingerprint density at radius 3 is 1.77 bits per heavy atom. The first-order valence-electron chi connectivity index (χ1n) is 10.4. The van der Waals surface area contributed by atoms with Gasteiger partial charge in [0.25, 0.3) is 11.8 Å². The van der Waals surface area contributed by atoms with E-state index in [1.807, 2.05) is 0 Å². The molecule has 0 bridgehead atoms. The van der Waals surface area contributed by atoms with Gasteiger partial charge >= 0.3 is 11.9 Å². The second-order valence-electron chi connectivity index (χ2n) is 7.24. The van der Waals surface area contributed by atoms with Crippen molar-refractivity contribution in [1.82, 2.24) is 19.8 Å². The van der Waals surface area contributed by atoms with Crippen LogP contribution < -0.4 is 0 Å². The molecule has 35 heavy (non-hydrogen) atoms. The molecular formula is C21H26N4O10. The number of carbonyl (C=O) groups excluding carboxylic acids is 6. The molecule has 14 heteroatoms. The van der Waals surface area contributed by atoms with Crippen LogP contribution in [0.1, 0.15) is 25.7 Å². The van der Waals surface area contributed by atoms with Crippen LogP contribution in [-0.4, -0.2) is 111 Å². The Morgan fingerprint density at radius 1 is 0.829 bits per heavy atom. The standard InChI is InChI=1S/C21H26N4O10/c1-22(15(27)3-2-14-26)10-6-18(30)24(12-8-20(32)33)25(13-9-21(34)35)19(31)7-11-23-16(28)4-5-17(23)29/h2-5,14H,6-13H2,1H3,(H,32,33)(H,34,35)/b3-2-. The molecule has 0 atom stereocenters. The largest absolute Gasteiger partial charge is 0.481 e. The third-order valence-electron chi connectivity index (χ3n) is 4.75. The minimum atomic E-state index is -1.28. The molecule has 0 spiro atoms. The summed E-state index contributed by atoms with van der Waals surface area (Å²) in [5.74, 6) is -5.97. The van der Waals surface area contributed by atoms with E-state index >= 15 is 0 Å². The fourth-order valence-corrected chi connectivity index (χ4v) is 2.90. The highest BCUT2D eigenvalue weighted by Crippen LogP contribution is 2.11. The first-order chi connectivity index (χ1) is 16.5. The Kier molecular flexibility index (Phi) is 11.5. The summed E-state index contributed by atoms with van der Waals surface area (Å²) < 4.78 is 0. The van der Waals surface area contributed by atoms with E-state index in [0.29, 0.717) is 6.29 Å². The van der Waals surface area contributed by atoms with Crippen LogP contribution in [-0.2, 0) is 38.4 Å². The van der Waals surface area contributed by atoms with Crippen molar-refractivity contribution >= 4 is 47.8 Å². The first kappa shape index (κ1) is 28.7. The van der Waals surface area contributed by atoms with E-state index in [9.17, 15) is 38.4 Å². The summed E-state index contributed by atoms with van der Waals surface area (Å²) in [6.07, 6.45) is 2.49. The fourth-order valence-electron chi connectivity index (χ4n) is 2.90. The molecule has 14 nitrogen and oxygen atoms in total. The lowest BCUT2D eigenvalue weighted by molar-refractivity contribution is -0.167. The minimum Gasteiger partial charge on any atom is -0.481 e. The number of amides is 5. The van der Waals surface area contributed by atoms with E-state index in [1.54, 1.807) is 0 Å². The Labute approximate surface area is 200 Å². The monoisotopic (exact) mass is 494 g/mol. The van der Waals surface area contributed by atoms with Gasteiger partial charge in [0.2, 0.25) is 17.7 Å². The van der Waals surface area contributed by atoms with Crippen LogP contribution in [0.5, 0.6) is 0 Å². The van der Waals surface area contributed by atoms with Gasteiger partial charge in [0.15, 0.2) is 0 Å². The van der Waals surface area contributed by atoms with E-state index in [4.69, 9.17) is 10.2 Å². The summed E-state index contributed by atoms with van der Waals surface area (Å²) in [4.78, 5) is 95.5. The predicted octanol–water partition coefficient (Wildman–Crippen LogP) is -1.57. The highest BCUT2D eigenvalue weighted by Gasteiger charge is 2.29. The lowest BCUT2D eigenvalue weighted by atomic mass is 10.3. The molecule has 0 saturated heterocycles. The maximum absolute atomic E-state index is 12.9. The van der Waals surface area contributed by atoms with Gasteiger partial charge in [0, 0.05) is 51.2 Å². The summed E-state index contributed by atoms with van der Waals surface area (Å²) in [5, 5.41) is 19.7. The van der Waals surface area contributed by atoms with Crippen LogP contribution >= 0.6 is 0 Å². The smallest absolute Gasteiger partial charge is 0.305 e. The number of aliphatic carboxylic acids is 2. The maximum atomic E-state index is 12.9. The number of hydrazine groups is 1. The van der Waals surface area contributed by atoms with Gasteiger partial charge in [-0.05, 0) is 6.08 Å². The summed E-state index contributed by atoms with van der Waals surface area (Å²) in [6.45, 7) is -1.41. The van der Waals surface area contributed by atoms with Crippen molar-refractivity contribution < 1.29 is 48.6 Å². The molecule has 5 amide bonds. The van der Waals surface area contributed by atoms with Crippen molar-refractivity contribution in [2.75, 3.05) is 33.2 Å². The average molecular weight is 494 g/mol. The second kappa shape index (κ2) is 14.0. The van der Waals surface area contributed by atoms with Crippen LogP contribution in [0.15, 0.2) is 24.3 Å². The van der Waals surface area contributed by atoms with Gasteiger partial charge < -0.3 is 15.1 Å². The lowest BCUT2D eigenvalue weighted by Gasteiger charge is -2.35. The van der Waals surface area contributed by atoms with E-state index < -0.39 is 73.8 Å². The number of rotatable bonds is 14. The highest BCUT2D eigenvalue weighted by atomic mass is 16.4. The molecule has 1 heterocycles. The molecule has 0 fully saturated rings. The molecular weight excluding hydrogens is 468 g/mol. The number of hydrogen-bond acceptors (Lipinski definition) is 8. The summed E-state index contributed by atoms with van der Waals surface area (Å²) >= 11 is 0. The van der Waals surface area contributed by atoms with Crippen LogP contribution in [0, 0.1) is 0 Å². The van der Waals surface area contributed by atoms with Crippen LogP contribution in [0.2, 0.25) is 0 Å². The first-order valence-corrected chi connectivity index (χ1v) is 10.4. The zero-order chi connectivity index (χ0) is 26.5. The third kappa shape index (κ3) is 9.57. The number of hydrogen-bond donors (Lipinski definition) is 2. The molecule has 1 aliphatic heterocycles. The SMILES string of the molecule is CN(CCC(=O)N(CCC(=O)O)N(CCC(=O)O)C(=O)CCN1C(=O)C=CC1=O)C(=O)/C=C\C=O. The zero-order valence-corrected chi connectivity index (χ0v) is 19.0. The fraction of sp³-hybridized carbons (Fsp3) is 0.429. The van der Waals surface area contributed by atoms with Gasteiger partial charge in [-0.3, -0.25) is 53.3 Å². The van der Waals surface area contributed by atoms with Crippen molar-refractivity contribution in [3.63, 3.8) is 0 Å². The van der Waals surface area contributed by atoms with Gasteiger partial charge in [-0.1, -0.05) is 0 Å². The summed E-state index contributed by atoms with van der Waals surface area (Å²) in [5.41, 5.74) is 0. The van der Waals surface area contributed by atoms with E-state index in [2.05, 4.69) is 0 Å². The quantitative estimate of drug-likeness (QED) is 0.123. The van der Waals surface area contributed by atoms with Gasteiger partial charge in [-0.15, -0.1) is 0 Å². The summed E-state index contributed by atoms with van der Waals surface area (Å²) in [7, 11) is 1.36. The van der Waals surface area contributed by atoms with Gasteiger partial charge in [-0.2, -0.15) is 0 Å². The van der Waals surface area contributed by atoms with Gasteiger partial charge in [0.1, 0.15) is 6.29 Å². The minimum absolute atomic E-state index is 0.145. The van der Waals surface area contributed by atoms with E-state index in [0.717, 1.165) is 44.1 Å². The molecule has 0 aromatic heterocycles. The number of carboxylic acids is 2. The molecule has 1 rings (SSSR count). The molecule has 0 saturated carbocycles. The van der Waals surface area contributed by atoms with Crippen LogP contribution in [0.25, 0.3) is 0 Å². The third-order valence-corrected chi connectivity index (χ3v) is 4.75. The predicted molar refractivity (Wildman–Crippen MR) is 116 cm³/mol. The van der Waals surface area contributed by atoms with Gasteiger partial charge in [0.05, 0.1) is 25.9 Å². The van der Waals surface area contributed by atoms with Crippen molar-refractivity contribution in [2.24, 2.45) is 0 Å². The number of likely N-dealkylation sites (N-methyl/N-ethyl adjacent to an activating group) is 1. The van der Waals surface area contributed by atoms with Crippen LogP contribution in [0.3, 0.4) is 0 Å². The lowest BCUT2D eigenvalue weighted by Crippen LogP contribution is -2.52.